The molecule has 0 saturated heterocycles. The van der Waals surface area contributed by atoms with Crippen molar-refractivity contribution in [2.75, 3.05) is 144 Å². The minimum absolute atomic E-state index is 0. The van der Waals surface area contributed by atoms with Crippen LogP contribution < -0.4 is 0 Å². The minimum atomic E-state index is -1.13. The molecule has 0 aliphatic rings. The van der Waals surface area contributed by atoms with E-state index in [0.29, 0.717) is 13.0 Å². The second-order valence-electron chi connectivity index (χ2n) is 16.1. The lowest BCUT2D eigenvalue weighted by atomic mass is 9.88. The molecule has 0 aromatic carbocycles. The smallest absolute Gasteiger partial charge is 0.335 e. The predicted molar refractivity (Wildman–Crippen MR) is 306 cm³/mol. The quantitative estimate of drug-likeness (QED) is 0.0200. The molecular formula is C49H84O24S6. The molecule has 3 atom stereocenters. The zero-order valence-corrected chi connectivity index (χ0v) is 50.3. The van der Waals surface area contributed by atoms with Crippen molar-refractivity contribution in [1.82, 2.24) is 0 Å². The Bertz CT molecular complexity index is 1620. The Balaban J connectivity index is -0.000000741. The molecule has 0 radical (unpaired) electrons. The van der Waals surface area contributed by atoms with E-state index >= 15 is 0 Å². The first-order chi connectivity index (χ1) is 37.1. The lowest BCUT2D eigenvalue weighted by Gasteiger charge is -2.31. The van der Waals surface area contributed by atoms with Crippen molar-refractivity contribution < 1.29 is 116 Å². The molecule has 0 bridgehead atoms. The monoisotopic (exact) mass is 1250 g/mol. The zero-order chi connectivity index (χ0) is 60.0. The van der Waals surface area contributed by atoms with Crippen molar-refractivity contribution in [1.29, 1.82) is 0 Å². The minimum Gasteiger partial charge on any atom is -0.466 e. The topological polar surface area (TPSA) is 344 Å². The Hall–Kier alpha value is -3.62. The van der Waals surface area contributed by atoms with Crippen LogP contribution in [-0.2, 0) is 95.3 Å². The van der Waals surface area contributed by atoms with E-state index in [-0.39, 0.29) is 137 Å². The van der Waals surface area contributed by atoms with Crippen LogP contribution in [0.2, 0.25) is 0 Å². The number of aliphatic hydroxyl groups is 4. The largest absolute Gasteiger partial charge is 0.466 e. The third-order valence-corrected chi connectivity index (χ3v) is 14.0. The van der Waals surface area contributed by atoms with Gasteiger partial charge in [-0.25, -0.2) is 4.79 Å². The van der Waals surface area contributed by atoms with Crippen LogP contribution >= 0.6 is 73.2 Å². The van der Waals surface area contributed by atoms with Gasteiger partial charge < -0.3 is 67.8 Å². The van der Waals surface area contributed by atoms with Crippen LogP contribution in [0.4, 0.5) is 0 Å². The van der Waals surface area contributed by atoms with Gasteiger partial charge in [-0.05, 0) is 40.5 Å². The van der Waals surface area contributed by atoms with Gasteiger partial charge in [0.25, 0.3) is 0 Å². The number of esters is 10. The lowest BCUT2D eigenvalue weighted by Crippen LogP contribution is -2.39. The SMILES string of the molecule is C.C=C(CO)C(=O)OCC.CCC(COC(=O)CS)(COC(=O)CS)COC(=O)CS.CCOC(=O)C(CO)CSCC(=O)OCC(CC)(COC(=O)CSCC(CO)C(=O)OCC)COC(=O)CSCC(CO)C(=O)OCC. The standard InChI is InChI=1S/C30H50O15S3.C12H20O6S3.C6H10O3.CH4/c1-5-30(18-43-24(34)15-46-12-21(9-31)27(37)40-6-2,19-44-25(35)16-47-13-22(10-32)28(38)41-7-3)20-45-26(36)17-48-14-23(11-33)29(39)42-8-4;1-2-12(6-16-9(13)3-19,7-17-10(14)4-20)8-18-11(15)5-21;1-3-9-6(8)5(2)4-7;/h21-23,31-33H,5-20H2,1-4H3;19-21H,2-8H2,1H3;7H,2-4H2,1H3;1H4. The van der Waals surface area contributed by atoms with E-state index in [9.17, 15) is 63.3 Å². The molecule has 79 heavy (non-hydrogen) atoms. The molecule has 0 saturated carbocycles. The molecule has 0 aromatic heterocycles. The summed E-state index contributed by atoms with van der Waals surface area (Å²) in [7, 11) is 0. The Kier molecular flexibility index (Phi) is 53.1. The Morgan fingerprint density at radius 1 is 0.418 bits per heavy atom. The highest BCUT2D eigenvalue weighted by atomic mass is 32.2. The van der Waals surface area contributed by atoms with Gasteiger partial charge >= 0.3 is 59.7 Å². The van der Waals surface area contributed by atoms with Gasteiger partial charge in [0.15, 0.2) is 0 Å². The maximum atomic E-state index is 12.6. The average Bonchev–Trinajstić information content (AvgIpc) is 3.44. The van der Waals surface area contributed by atoms with Crippen molar-refractivity contribution in [2.24, 2.45) is 28.6 Å². The molecular weight excluding hydrogens is 1160 g/mol. The first-order valence-electron chi connectivity index (χ1n) is 24.4. The fourth-order valence-electron chi connectivity index (χ4n) is 5.04. The van der Waals surface area contributed by atoms with Gasteiger partial charge in [-0.1, -0.05) is 27.9 Å². The van der Waals surface area contributed by atoms with Crippen molar-refractivity contribution in [3.63, 3.8) is 0 Å². The van der Waals surface area contributed by atoms with Crippen LogP contribution in [-0.4, -0.2) is 224 Å². The first-order valence-corrected chi connectivity index (χ1v) is 29.7. The van der Waals surface area contributed by atoms with E-state index in [1.54, 1.807) is 34.6 Å². The number of aliphatic hydroxyl groups excluding tert-OH is 4. The van der Waals surface area contributed by atoms with Gasteiger partial charge in [0, 0.05) is 17.3 Å². The fourth-order valence-corrected chi connectivity index (χ4v) is 8.00. The van der Waals surface area contributed by atoms with Gasteiger partial charge in [0.2, 0.25) is 0 Å². The first kappa shape index (κ1) is 81.8. The van der Waals surface area contributed by atoms with E-state index < -0.39 is 108 Å². The Labute approximate surface area is 492 Å². The van der Waals surface area contributed by atoms with Crippen molar-refractivity contribution >= 4 is 133 Å². The van der Waals surface area contributed by atoms with Gasteiger partial charge in [-0.2, -0.15) is 37.9 Å². The molecule has 0 rings (SSSR count). The summed E-state index contributed by atoms with van der Waals surface area (Å²) in [4.78, 5) is 117. The third kappa shape index (κ3) is 40.3. The zero-order valence-electron chi connectivity index (χ0n) is 45.1. The molecule has 0 fully saturated rings. The summed E-state index contributed by atoms with van der Waals surface area (Å²) in [6, 6.07) is 0. The van der Waals surface area contributed by atoms with Gasteiger partial charge in [-0.3, -0.25) is 43.2 Å². The number of hydrogen-bond donors (Lipinski definition) is 7. The summed E-state index contributed by atoms with van der Waals surface area (Å²) in [6.07, 6.45) is 0.737. The molecule has 0 spiro atoms. The second-order valence-corrected chi connectivity index (χ2v) is 20.1. The van der Waals surface area contributed by atoms with Crippen molar-refractivity contribution in [2.45, 2.75) is 61.8 Å². The van der Waals surface area contributed by atoms with E-state index in [0.717, 1.165) is 35.3 Å². The van der Waals surface area contributed by atoms with E-state index in [1.165, 1.54) is 0 Å². The van der Waals surface area contributed by atoms with Crippen LogP contribution in [0.3, 0.4) is 0 Å². The molecule has 0 aromatic rings. The third-order valence-electron chi connectivity index (χ3n) is 10.0. The van der Waals surface area contributed by atoms with Crippen LogP contribution in [0.15, 0.2) is 12.2 Å². The number of hydrogen-bond acceptors (Lipinski definition) is 30. The number of carbonyl (C=O) groups excluding carboxylic acids is 10. The molecule has 0 heterocycles. The van der Waals surface area contributed by atoms with Crippen molar-refractivity contribution in [3.05, 3.63) is 12.2 Å². The molecule has 24 nitrogen and oxygen atoms in total. The highest BCUT2D eigenvalue weighted by molar-refractivity contribution is 8.00. The van der Waals surface area contributed by atoms with Gasteiger partial charge in [0.05, 0.1) is 122 Å². The molecule has 0 aliphatic heterocycles. The predicted octanol–water partition coefficient (Wildman–Crippen LogP) is 2.26. The molecule has 30 heteroatoms. The lowest BCUT2D eigenvalue weighted by molar-refractivity contribution is -0.161. The average molecular weight is 1250 g/mol. The van der Waals surface area contributed by atoms with Crippen LogP contribution in [0.5, 0.6) is 0 Å². The highest BCUT2D eigenvalue weighted by Gasteiger charge is 2.36. The number of thiol groups is 3. The number of rotatable bonds is 41. The summed E-state index contributed by atoms with van der Waals surface area (Å²) < 4.78 is 50.7. The van der Waals surface area contributed by atoms with Crippen LogP contribution in [0, 0.1) is 28.6 Å². The fraction of sp³-hybridized carbons (Fsp3) is 0.755. The van der Waals surface area contributed by atoms with Gasteiger partial charge in [-0.15, -0.1) is 35.3 Å². The van der Waals surface area contributed by atoms with E-state index in [4.69, 9.17) is 47.7 Å². The van der Waals surface area contributed by atoms with E-state index in [2.05, 4.69) is 49.2 Å². The summed E-state index contributed by atoms with van der Waals surface area (Å²) in [5.74, 6) is -8.41. The summed E-state index contributed by atoms with van der Waals surface area (Å²) in [5.41, 5.74) is -1.83. The maximum absolute atomic E-state index is 12.6. The molecule has 3 unspecified atom stereocenters. The molecule has 460 valence electrons. The molecule has 0 aliphatic carbocycles. The second kappa shape index (κ2) is 51.3. The van der Waals surface area contributed by atoms with Crippen molar-refractivity contribution in [3.8, 4) is 0 Å². The molecule has 0 amide bonds. The number of thioether (sulfide) groups is 3. The summed E-state index contributed by atoms with van der Waals surface area (Å²) in [5, 5.41) is 36.6. The summed E-state index contributed by atoms with van der Waals surface area (Å²) >= 11 is 14.6. The Morgan fingerprint density at radius 3 is 0.848 bits per heavy atom. The number of ether oxygens (including phenoxy) is 10. The highest BCUT2D eigenvalue weighted by Crippen LogP contribution is 2.27. The molecule has 4 N–H and O–H groups in total. The maximum Gasteiger partial charge on any atom is 0.335 e. The Morgan fingerprint density at radius 2 is 0.658 bits per heavy atom. The van der Waals surface area contributed by atoms with Crippen LogP contribution in [0.25, 0.3) is 0 Å². The summed E-state index contributed by atoms with van der Waals surface area (Å²) in [6.45, 7) is 11.6. The number of carbonyl (C=O) groups is 10. The van der Waals surface area contributed by atoms with Gasteiger partial charge in [0.1, 0.15) is 39.6 Å². The van der Waals surface area contributed by atoms with E-state index in [1.807, 2.05) is 6.92 Å². The normalized spacial score (nSPS) is 12.4. The van der Waals surface area contributed by atoms with Crippen LogP contribution in [0.1, 0.15) is 61.8 Å².